The lowest BCUT2D eigenvalue weighted by Gasteiger charge is -2.08. The van der Waals surface area contributed by atoms with Crippen LogP contribution in [0.5, 0.6) is 5.75 Å². The Bertz CT molecular complexity index is 596. The molecule has 0 spiro atoms. The normalized spacial score (nSPS) is 10.2. The molecule has 0 aliphatic carbocycles. The standard InChI is InChI=1S/C17H18FNO2/c1-2-10-21-16-8-6-15(7-9-16)19-17(20)12-13-4-3-5-14(18)11-13/h3-9,11H,2,10,12H2,1H3,(H,19,20). The first-order valence-electron chi connectivity index (χ1n) is 6.94. The largest absolute Gasteiger partial charge is 0.494 e. The van der Waals surface area contributed by atoms with Crippen LogP contribution in [-0.4, -0.2) is 12.5 Å². The van der Waals surface area contributed by atoms with Crippen molar-refractivity contribution in [1.29, 1.82) is 0 Å². The molecule has 0 unspecified atom stereocenters. The van der Waals surface area contributed by atoms with Gasteiger partial charge in [0.15, 0.2) is 0 Å². The molecular weight excluding hydrogens is 269 g/mol. The van der Waals surface area contributed by atoms with Gasteiger partial charge in [-0.1, -0.05) is 19.1 Å². The van der Waals surface area contributed by atoms with E-state index in [9.17, 15) is 9.18 Å². The van der Waals surface area contributed by atoms with E-state index in [0.717, 1.165) is 12.2 Å². The molecule has 0 radical (unpaired) electrons. The lowest BCUT2D eigenvalue weighted by molar-refractivity contribution is -0.115. The summed E-state index contributed by atoms with van der Waals surface area (Å²) in [6.07, 6.45) is 1.10. The molecule has 0 aliphatic heterocycles. The van der Waals surface area contributed by atoms with Gasteiger partial charge in [0, 0.05) is 5.69 Å². The second-order valence-electron chi connectivity index (χ2n) is 4.73. The van der Waals surface area contributed by atoms with Crippen molar-refractivity contribution in [3.05, 3.63) is 59.9 Å². The molecule has 2 aromatic carbocycles. The van der Waals surface area contributed by atoms with Crippen LogP contribution < -0.4 is 10.1 Å². The van der Waals surface area contributed by atoms with Crippen molar-refractivity contribution in [2.24, 2.45) is 0 Å². The van der Waals surface area contributed by atoms with Crippen LogP contribution in [0, 0.1) is 5.82 Å². The predicted molar refractivity (Wildman–Crippen MR) is 81.0 cm³/mol. The van der Waals surface area contributed by atoms with Gasteiger partial charge in [0.1, 0.15) is 11.6 Å². The molecule has 0 aromatic heterocycles. The predicted octanol–water partition coefficient (Wildman–Crippen LogP) is 3.80. The number of rotatable bonds is 6. The Hall–Kier alpha value is -2.36. The van der Waals surface area contributed by atoms with Gasteiger partial charge in [0.05, 0.1) is 13.0 Å². The molecule has 0 bridgehead atoms. The Kier molecular flexibility index (Phi) is 5.32. The maximum absolute atomic E-state index is 13.0. The van der Waals surface area contributed by atoms with Crippen molar-refractivity contribution in [3.8, 4) is 5.75 Å². The Balaban J connectivity index is 1.90. The first-order chi connectivity index (χ1) is 10.2. The van der Waals surface area contributed by atoms with E-state index in [1.807, 2.05) is 19.1 Å². The molecule has 0 fully saturated rings. The second kappa shape index (κ2) is 7.43. The van der Waals surface area contributed by atoms with Gasteiger partial charge < -0.3 is 10.1 Å². The number of nitrogens with one attached hydrogen (secondary N) is 1. The van der Waals surface area contributed by atoms with E-state index in [1.165, 1.54) is 12.1 Å². The van der Waals surface area contributed by atoms with E-state index in [-0.39, 0.29) is 18.1 Å². The van der Waals surface area contributed by atoms with Gasteiger partial charge in [0.25, 0.3) is 0 Å². The average molecular weight is 287 g/mol. The Labute approximate surface area is 123 Å². The fraction of sp³-hybridized carbons (Fsp3) is 0.235. The average Bonchev–Trinajstić information content (AvgIpc) is 2.46. The molecule has 110 valence electrons. The molecular formula is C17H18FNO2. The van der Waals surface area contributed by atoms with Crippen molar-refractivity contribution >= 4 is 11.6 Å². The van der Waals surface area contributed by atoms with E-state index in [2.05, 4.69) is 5.32 Å². The Morgan fingerprint density at radius 1 is 1.19 bits per heavy atom. The topological polar surface area (TPSA) is 38.3 Å². The van der Waals surface area contributed by atoms with Crippen molar-refractivity contribution < 1.29 is 13.9 Å². The highest BCUT2D eigenvalue weighted by Crippen LogP contribution is 2.16. The summed E-state index contributed by atoms with van der Waals surface area (Å²) in [5.74, 6) is 0.264. The third kappa shape index (κ3) is 4.91. The smallest absolute Gasteiger partial charge is 0.228 e. The highest BCUT2D eigenvalue weighted by atomic mass is 19.1. The van der Waals surface area contributed by atoms with Crippen LogP contribution in [-0.2, 0) is 11.2 Å². The van der Waals surface area contributed by atoms with Gasteiger partial charge in [-0.3, -0.25) is 4.79 Å². The van der Waals surface area contributed by atoms with Crippen LogP contribution in [0.3, 0.4) is 0 Å². The number of carbonyl (C=O) groups excluding carboxylic acids is 1. The summed E-state index contributed by atoms with van der Waals surface area (Å²) in [7, 11) is 0. The fourth-order valence-corrected chi connectivity index (χ4v) is 1.89. The van der Waals surface area contributed by atoms with Crippen molar-refractivity contribution in [2.75, 3.05) is 11.9 Å². The van der Waals surface area contributed by atoms with E-state index >= 15 is 0 Å². The second-order valence-corrected chi connectivity index (χ2v) is 4.73. The van der Waals surface area contributed by atoms with E-state index in [1.54, 1.807) is 24.3 Å². The number of benzene rings is 2. The highest BCUT2D eigenvalue weighted by molar-refractivity contribution is 5.92. The number of halogens is 1. The molecule has 2 aromatic rings. The van der Waals surface area contributed by atoms with E-state index in [0.29, 0.717) is 17.9 Å². The number of ether oxygens (including phenoxy) is 1. The third-order valence-electron chi connectivity index (χ3n) is 2.86. The van der Waals surface area contributed by atoms with E-state index in [4.69, 9.17) is 4.74 Å². The van der Waals surface area contributed by atoms with Crippen molar-refractivity contribution in [1.82, 2.24) is 0 Å². The Morgan fingerprint density at radius 3 is 2.62 bits per heavy atom. The fourth-order valence-electron chi connectivity index (χ4n) is 1.89. The minimum atomic E-state index is -0.335. The minimum Gasteiger partial charge on any atom is -0.494 e. The van der Waals surface area contributed by atoms with Crippen LogP contribution in [0.2, 0.25) is 0 Å². The molecule has 0 aliphatic rings. The molecule has 1 N–H and O–H groups in total. The van der Waals surface area contributed by atoms with Crippen LogP contribution >= 0.6 is 0 Å². The van der Waals surface area contributed by atoms with Crippen molar-refractivity contribution in [2.45, 2.75) is 19.8 Å². The number of anilines is 1. The summed E-state index contributed by atoms with van der Waals surface area (Å²) >= 11 is 0. The first-order valence-corrected chi connectivity index (χ1v) is 6.94. The summed E-state index contributed by atoms with van der Waals surface area (Å²) < 4.78 is 18.5. The van der Waals surface area contributed by atoms with E-state index < -0.39 is 0 Å². The van der Waals surface area contributed by atoms with Crippen LogP contribution in [0.15, 0.2) is 48.5 Å². The molecule has 21 heavy (non-hydrogen) atoms. The first kappa shape index (κ1) is 15.0. The molecule has 0 saturated carbocycles. The summed E-state index contributed by atoms with van der Waals surface area (Å²) in [5.41, 5.74) is 1.34. The van der Waals surface area contributed by atoms with Gasteiger partial charge in [-0.2, -0.15) is 0 Å². The zero-order chi connectivity index (χ0) is 15.1. The summed E-state index contributed by atoms with van der Waals surface area (Å²) in [6, 6.07) is 13.2. The lowest BCUT2D eigenvalue weighted by atomic mass is 10.1. The van der Waals surface area contributed by atoms with Crippen LogP contribution in [0.4, 0.5) is 10.1 Å². The number of carbonyl (C=O) groups is 1. The number of hydrogen-bond acceptors (Lipinski definition) is 2. The molecule has 2 rings (SSSR count). The third-order valence-corrected chi connectivity index (χ3v) is 2.86. The van der Waals surface area contributed by atoms with Crippen LogP contribution in [0.25, 0.3) is 0 Å². The zero-order valence-corrected chi connectivity index (χ0v) is 11.9. The minimum absolute atomic E-state index is 0.145. The van der Waals surface area contributed by atoms with Gasteiger partial charge in [-0.25, -0.2) is 4.39 Å². The molecule has 0 saturated heterocycles. The number of hydrogen-bond donors (Lipinski definition) is 1. The van der Waals surface area contributed by atoms with Gasteiger partial charge in [0.2, 0.25) is 5.91 Å². The molecule has 1 amide bonds. The SMILES string of the molecule is CCCOc1ccc(NC(=O)Cc2cccc(F)c2)cc1. The van der Waals surface area contributed by atoms with Gasteiger partial charge in [-0.05, 0) is 48.4 Å². The summed E-state index contributed by atoms with van der Waals surface area (Å²) in [5, 5.41) is 2.78. The summed E-state index contributed by atoms with van der Waals surface area (Å²) in [6.45, 7) is 2.71. The zero-order valence-electron chi connectivity index (χ0n) is 11.9. The maximum atomic E-state index is 13.0. The monoisotopic (exact) mass is 287 g/mol. The lowest BCUT2D eigenvalue weighted by Crippen LogP contribution is -2.14. The molecule has 0 atom stereocenters. The molecule has 0 heterocycles. The molecule has 4 heteroatoms. The van der Waals surface area contributed by atoms with Crippen LogP contribution in [0.1, 0.15) is 18.9 Å². The van der Waals surface area contributed by atoms with Gasteiger partial charge in [-0.15, -0.1) is 0 Å². The Morgan fingerprint density at radius 2 is 1.95 bits per heavy atom. The number of amides is 1. The highest BCUT2D eigenvalue weighted by Gasteiger charge is 2.05. The summed E-state index contributed by atoms with van der Waals surface area (Å²) in [4.78, 5) is 11.9. The quantitative estimate of drug-likeness (QED) is 0.877. The van der Waals surface area contributed by atoms with Crippen molar-refractivity contribution in [3.63, 3.8) is 0 Å². The maximum Gasteiger partial charge on any atom is 0.228 e. The van der Waals surface area contributed by atoms with Gasteiger partial charge >= 0.3 is 0 Å². The molecule has 3 nitrogen and oxygen atoms in total.